The molecule has 3 rings (SSSR count). The number of benzene rings is 1. The van der Waals surface area contributed by atoms with Crippen LogP contribution < -0.4 is 0 Å². The van der Waals surface area contributed by atoms with E-state index in [1.807, 2.05) is 30.3 Å². The van der Waals surface area contributed by atoms with E-state index in [1.165, 1.54) is 23.5 Å². The summed E-state index contributed by atoms with van der Waals surface area (Å²) < 4.78 is 0.696. The monoisotopic (exact) mass is 306 g/mol. The second kappa shape index (κ2) is 5.66. The van der Waals surface area contributed by atoms with Crippen LogP contribution in [0.25, 0.3) is 0 Å². The molecule has 1 aromatic rings. The molecule has 0 unspecified atom stereocenters. The van der Waals surface area contributed by atoms with Gasteiger partial charge in [-0.15, -0.1) is 23.5 Å². The Bertz CT molecular complexity index is 572. The lowest BCUT2D eigenvalue weighted by molar-refractivity contribution is -0.134. The van der Waals surface area contributed by atoms with Crippen molar-refractivity contribution in [1.82, 2.24) is 0 Å². The Balaban J connectivity index is 1.80. The molecule has 0 spiro atoms. The fraction of sp³-hybridized carbons (Fsp3) is 0.333. The third-order valence-electron chi connectivity index (χ3n) is 3.57. The Morgan fingerprint density at radius 1 is 1.10 bits per heavy atom. The third kappa shape index (κ3) is 2.65. The Hall–Kier alpha value is -1.20. The Morgan fingerprint density at radius 2 is 1.75 bits per heavy atom. The van der Waals surface area contributed by atoms with Crippen LogP contribution in [0.15, 0.2) is 40.1 Å². The average molecular weight is 306 g/mol. The molecule has 1 heterocycles. The van der Waals surface area contributed by atoms with Gasteiger partial charge in [0.2, 0.25) is 0 Å². The second-order valence-electron chi connectivity index (χ2n) is 4.89. The summed E-state index contributed by atoms with van der Waals surface area (Å²) >= 11 is 2.98. The topological polar surface area (TPSA) is 54.4 Å². The zero-order valence-electron chi connectivity index (χ0n) is 10.7. The molecule has 2 fully saturated rings. The highest BCUT2D eigenvalue weighted by Crippen LogP contribution is 2.50. The van der Waals surface area contributed by atoms with E-state index in [-0.39, 0.29) is 23.2 Å². The first-order valence-electron chi connectivity index (χ1n) is 6.51. The van der Waals surface area contributed by atoms with E-state index < -0.39 is 5.97 Å². The zero-order chi connectivity index (χ0) is 14.1. The molecule has 2 atom stereocenters. The highest BCUT2D eigenvalue weighted by Gasteiger charge is 2.46. The summed E-state index contributed by atoms with van der Waals surface area (Å²) in [6.07, 6.45) is 0.766. The summed E-state index contributed by atoms with van der Waals surface area (Å²) in [4.78, 5) is 23.9. The van der Waals surface area contributed by atoms with Crippen LogP contribution in [-0.2, 0) is 9.59 Å². The maximum absolute atomic E-state index is 12.5. The molecule has 104 valence electrons. The molecule has 0 radical (unpaired) electrons. The summed E-state index contributed by atoms with van der Waals surface area (Å²) in [6.45, 7) is 0. The first-order chi connectivity index (χ1) is 9.68. The second-order valence-corrected chi connectivity index (χ2v) is 7.36. The number of Topliss-reactive ketones (excluding diaryl/α,β-unsaturated/α-hetero) is 1. The largest absolute Gasteiger partial charge is 0.478 e. The molecular weight excluding hydrogens is 292 g/mol. The molecule has 1 saturated heterocycles. The minimum absolute atomic E-state index is 0.0148. The number of aliphatic carboxylic acids is 1. The van der Waals surface area contributed by atoms with Gasteiger partial charge in [-0.25, -0.2) is 4.79 Å². The molecule has 0 amide bonds. The lowest BCUT2D eigenvalue weighted by atomic mass is 10.0. The predicted molar refractivity (Wildman–Crippen MR) is 81.9 cm³/mol. The number of hydrogen-bond donors (Lipinski definition) is 1. The van der Waals surface area contributed by atoms with Crippen LogP contribution in [0.4, 0.5) is 0 Å². The summed E-state index contributed by atoms with van der Waals surface area (Å²) in [6, 6.07) is 9.86. The van der Waals surface area contributed by atoms with Crippen molar-refractivity contribution in [2.24, 2.45) is 5.92 Å². The summed E-state index contributed by atoms with van der Waals surface area (Å²) in [5.74, 6) is 0.537. The van der Waals surface area contributed by atoms with E-state index in [2.05, 4.69) is 0 Å². The minimum Gasteiger partial charge on any atom is -0.478 e. The van der Waals surface area contributed by atoms with Gasteiger partial charge in [0.1, 0.15) is 5.57 Å². The van der Waals surface area contributed by atoms with Crippen LogP contribution in [-0.4, -0.2) is 28.4 Å². The normalized spacial score (nSPS) is 24.5. The van der Waals surface area contributed by atoms with Gasteiger partial charge >= 0.3 is 5.97 Å². The Morgan fingerprint density at radius 3 is 2.35 bits per heavy atom. The zero-order valence-corrected chi connectivity index (χ0v) is 12.4. The van der Waals surface area contributed by atoms with Crippen molar-refractivity contribution in [3.05, 3.63) is 45.7 Å². The number of rotatable bonds is 4. The van der Waals surface area contributed by atoms with Gasteiger partial charge < -0.3 is 5.11 Å². The van der Waals surface area contributed by atoms with Gasteiger partial charge in [0, 0.05) is 17.4 Å². The smallest absolute Gasteiger partial charge is 0.341 e. The van der Waals surface area contributed by atoms with Crippen LogP contribution in [0.2, 0.25) is 0 Å². The third-order valence-corrected chi connectivity index (χ3v) is 6.28. The van der Waals surface area contributed by atoms with E-state index in [0.717, 1.165) is 23.5 Å². The standard InChI is InChI=1S/C15H14O3S2/c16-13(12(14(17)18)15-19-6-7-20-15)11-8-10(11)9-4-2-1-3-5-9/h1-5,10-11H,6-8H2,(H,17,18)/t10-,11-/m1/s1. The number of hydrogen-bond acceptors (Lipinski definition) is 4. The molecule has 1 N–H and O–H groups in total. The van der Waals surface area contributed by atoms with Gasteiger partial charge in [-0.1, -0.05) is 30.3 Å². The van der Waals surface area contributed by atoms with Crippen molar-refractivity contribution in [3.8, 4) is 0 Å². The molecule has 3 nitrogen and oxygen atoms in total. The highest BCUT2D eigenvalue weighted by molar-refractivity contribution is 8.25. The van der Waals surface area contributed by atoms with Crippen molar-refractivity contribution < 1.29 is 14.7 Å². The van der Waals surface area contributed by atoms with E-state index in [4.69, 9.17) is 0 Å². The van der Waals surface area contributed by atoms with E-state index in [1.54, 1.807) is 0 Å². The summed E-state index contributed by atoms with van der Waals surface area (Å²) in [5.41, 5.74) is 1.15. The number of thioether (sulfide) groups is 2. The summed E-state index contributed by atoms with van der Waals surface area (Å²) in [7, 11) is 0. The van der Waals surface area contributed by atoms with Gasteiger partial charge in [0.15, 0.2) is 5.78 Å². The van der Waals surface area contributed by atoms with Crippen molar-refractivity contribution in [3.63, 3.8) is 0 Å². The van der Waals surface area contributed by atoms with Crippen molar-refractivity contribution >= 4 is 35.3 Å². The average Bonchev–Trinajstić information content (AvgIpc) is 3.09. The lowest BCUT2D eigenvalue weighted by Gasteiger charge is -2.05. The van der Waals surface area contributed by atoms with Crippen LogP contribution in [0.1, 0.15) is 17.9 Å². The van der Waals surface area contributed by atoms with E-state index in [9.17, 15) is 14.7 Å². The van der Waals surface area contributed by atoms with Crippen molar-refractivity contribution in [1.29, 1.82) is 0 Å². The fourth-order valence-electron chi connectivity index (χ4n) is 2.49. The minimum atomic E-state index is -1.08. The molecule has 5 heteroatoms. The van der Waals surface area contributed by atoms with Crippen molar-refractivity contribution in [2.75, 3.05) is 11.5 Å². The van der Waals surface area contributed by atoms with Crippen LogP contribution in [0, 0.1) is 5.92 Å². The van der Waals surface area contributed by atoms with Gasteiger partial charge in [-0.05, 0) is 17.9 Å². The first-order valence-corrected chi connectivity index (χ1v) is 8.48. The van der Waals surface area contributed by atoms with Gasteiger partial charge in [-0.2, -0.15) is 0 Å². The van der Waals surface area contributed by atoms with E-state index >= 15 is 0 Å². The molecule has 1 aliphatic heterocycles. The molecule has 2 aliphatic rings. The SMILES string of the molecule is O=C(O)C(C(=O)[C@@H]1C[C@@H]1c1ccccc1)=C1SCCS1. The molecule has 0 aromatic heterocycles. The fourth-order valence-corrected chi connectivity index (χ4v) is 5.02. The molecule has 0 bridgehead atoms. The van der Waals surface area contributed by atoms with Crippen LogP contribution in [0.5, 0.6) is 0 Å². The lowest BCUT2D eigenvalue weighted by Crippen LogP contribution is -2.15. The Kier molecular flexibility index (Phi) is 3.89. The highest BCUT2D eigenvalue weighted by atomic mass is 32.2. The first kappa shape index (κ1) is 13.8. The maximum atomic E-state index is 12.5. The number of carboxylic acids is 1. The molecule has 1 aromatic carbocycles. The Labute approximate surface area is 125 Å². The molecule has 1 aliphatic carbocycles. The van der Waals surface area contributed by atoms with Crippen LogP contribution >= 0.6 is 23.5 Å². The summed E-state index contributed by atoms with van der Waals surface area (Å²) in [5, 5.41) is 9.33. The van der Waals surface area contributed by atoms with Crippen molar-refractivity contribution in [2.45, 2.75) is 12.3 Å². The molecular formula is C15H14O3S2. The molecule has 1 saturated carbocycles. The van der Waals surface area contributed by atoms with Gasteiger partial charge in [0.25, 0.3) is 0 Å². The van der Waals surface area contributed by atoms with E-state index in [0.29, 0.717) is 4.24 Å². The quantitative estimate of drug-likeness (QED) is 0.526. The predicted octanol–water partition coefficient (Wildman–Crippen LogP) is 3.14. The number of ketones is 1. The van der Waals surface area contributed by atoms with Crippen LogP contribution in [0.3, 0.4) is 0 Å². The van der Waals surface area contributed by atoms with Gasteiger partial charge in [-0.3, -0.25) is 4.79 Å². The van der Waals surface area contributed by atoms with Gasteiger partial charge in [0.05, 0.1) is 4.24 Å². The maximum Gasteiger partial charge on any atom is 0.341 e. The molecule has 20 heavy (non-hydrogen) atoms. The number of carbonyl (C=O) groups is 2. The number of carbonyl (C=O) groups excluding carboxylic acids is 1. The number of carboxylic acid groups (broad SMARTS) is 1.